The Labute approximate surface area is 180 Å². The molecule has 3 N–H and O–H groups in total. The molecule has 0 radical (unpaired) electrons. The van der Waals surface area contributed by atoms with Crippen LogP contribution >= 0.6 is 23.2 Å². The van der Waals surface area contributed by atoms with Gasteiger partial charge in [-0.25, -0.2) is 10.6 Å². The Morgan fingerprint density at radius 3 is 2.38 bits per heavy atom. The number of hydrazine groups is 1. The van der Waals surface area contributed by atoms with Gasteiger partial charge < -0.3 is 9.84 Å². The van der Waals surface area contributed by atoms with E-state index in [0.717, 1.165) is 23.4 Å². The Morgan fingerprint density at radius 1 is 1.17 bits per heavy atom. The molecular formula is C21H24Cl2N2O4. The zero-order chi connectivity index (χ0) is 21.4. The van der Waals surface area contributed by atoms with Gasteiger partial charge in [0, 0.05) is 16.5 Å². The third kappa shape index (κ3) is 6.63. The molecule has 1 atom stereocenters. The van der Waals surface area contributed by atoms with E-state index < -0.39 is 17.9 Å². The van der Waals surface area contributed by atoms with Gasteiger partial charge in [0.2, 0.25) is 5.91 Å². The lowest BCUT2D eigenvalue weighted by atomic mass is 10.0. The summed E-state index contributed by atoms with van der Waals surface area (Å²) in [7, 11) is 0. The van der Waals surface area contributed by atoms with Gasteiger partial charge >= 0.3 is 5.97 Å². The minimum absolute atomic E-state index is 0.109. The van der Waals surface area contributed by atoms with Crippen LogP contribution in [0.25, 0.3) is 0 Å². The number of carbonyl (C=O) groups excluding carboxylic acids is 2. The van der Waals surface area contributed by atoms with Crippen molar-refractivity contribution in [2.75, 3.05) is 6.61 Å². The number of carbonyl (C=O) groups is 2. The van der Waals surface area contributed by atoms with Gasteiger partial charge in [0.15, 0.2) is 0 Å². The van der Waals surface area contributed by atoms with Crippen LogP contribution in [0, 0.1) is 0 Å². The monoisotopic (exact) mass is 438 g/mol. The first-order valence-corrected chi connectivity index (χ1v) is 10.0. The van der Waals surface area contributed by atoms with E-state index in [9.17, 15) is 14.7 Å². The number of nitrogens with two attached hydrogens (primary N) is 1. The van der Waals surface area contributed by atoms with Gasteiger partial charge in [-0.1, -0.05) is 66.9 Å². The third-order valence-corrected chi connectivity index (χ3v) is 5.04. The summed E-state index contributed by atoms with van der Waals surface area (Å²) in [6, 6.07) is 10.8. The molecule has 2 aromatic carbocycles. The highest BCUT2D eigenvalue weighted by Gasteiger charge is 2.30. The van der Waals surface area contributed by atoms with E-state index in [2.05, 4.69) is 0 Å². The van der Waals surface area contributed by atoms with Crippen molar-refractivity contribution in [3.8, 4) is 5.75 Å². The lowest BCUT2D eigenvalue weighted by Gasteiger charge is -2.26. The molecule has 0 fully saturated rings. The average Bonchev–Trinajstić information content (AvgIpc) is 2.69. The number of hydrogen-bond donors (Lipinski definition) is 2. The molecule has 0 saturated carbocycles. The first kappa shape index (κ1) is 23.0. The Kier molecular flexibility index (Phi) is 8.76. The van der Waals surface area contributed by atoms with Crippen LogP contribution in [0.2, 0.25) is 10.0 Å². The van der Waals surface area contributed by atoms with Crippen LogP contribution in [0.1, 0.15) is 30.9 Å². The molecule has 0 aliphatic heterocycles. The summed E-state index contributed by atoms with van der Waals surface area (Å²) < 4.78 is 5.30. The predicted molar refractivity (Wildman–Crippen MR) is 113 cm³/mol. The zero-order valence-corrected chi connectivity index (χ0v) is 17.6. The number of amides is 1. The normalized spacial score (nSPS) is 11.7. The van der Waals surface area contributed by atoms with Crippen molar-refractivity contribution in [2.24, 2.45) is 5.84 Å². The molecule has 0 aromatic heterocycles. The van der Waals surface area contributed by atoms with Crippen molar-refractivity contribution in [1.82, 2.24) is 5.01 Å². The van der Waals surface area contributed by atoms with Crippen molar-refractivity contribution >= 4 is 35.1 Å². The lowest BCUT2D eigenvalue weighted by Crippen LogP contribution is -2.52. The predicted octanol–water partition coefficient (Wildman–Crippen LogP) is 3.90. The third-order valence-electron chi connectivity index (χ3n) is 4.36. The zero-order valence-electron chi connectivity index (χ0n) is 16.1. The highest BCUT2D eigenvalue weighted by molar-refractivity contribution is 6.36. The maximum Gasteiger partial charge on any atom is 0.330 e. The van der Waals surface area contributed by atoms with E-state index in [1.165, 1.54) is 12.1 Å². The minimum Gasteiger partial charge on any atom is -0.508 e. The molecule has 29 heavy (non-hydrogen) atoms. The number of rotatable bonds is 9. The summed E-state index contributed by atoms with van der Waals surface area (Å²) in [6.07, 6.45) is 1.59. The second-order valence-electron chi connectivity index (χ2n) is 6.59. The summed E-state index contributed by atoms with van der Waals surface area (Å²) >= 11 is 12.2. The number of esters is 1. The molecule has 0 aliphatic rings. The fourth-order valence-electron chi connectivity index (χ4n) is 2.72. The smallest absolute Gasteiger partial charge is 0.330 e. The summed E-state index contributed by atoms with van der Waals surface area (Å²) in [5.74, 6) is 4.81. The maximum atomic E-state index is 12.8. The number of phenolic OH excluding ortho intramolecular Hbond substituents is 1. The molecule has 1 amide bonds. The molecule has 0 unspecified atom stereocenters. The Balaban J connectivity index is 2.19. The maximum absolute atomic E-state index is 12.8. The topological polar surface area (TPSA) is 92.9 Å². The highest BCUT2D eigenvalue weighted by Crippen LogP contribution is 2.30. The van der Waals surface area contributed by atoms with Crippen molar-refractivity contribution in [3.05, 3.63) is 63.6 Å². The van der Waals surface area contributed by atoms with Gasteiger partial charge in [0.1, 0.15) is 11.8 Å². The van der Waals surface area contributed by atoms with E-state index >= 15 is 0 Å². The van der Waals surface area contributed by atoms with Gasteiger partial charge in [-0.15, -0.1) is 0 Å². The Morgan fingerprint density at radius 2 is 1.79 bits per heavy atom. The number of aromatic hydroxyl groups is 1. The van der Waals surface area contributed by atoms with Crippen LogP contribution in [-0.4, -0.2) is 34.6 Å². The summed E-state index contributed by atoms with van der Waals surface area (Å²) in [5.41, 5.74) is 1.17. The molecule has 6 nitrogen and oxygen atoms in total. The molecular weight excluding hydrogens is 415 g/mol. The molecule has 0 heterocycles. The number of phenols is 1. The van der Waals surface area contributed by atoms with E-state index in [4.69, 9.17) is 33.8 Å². The Hall–Kier alpha value is -2.28. The van der Waals surface area contributed by atoms with Gasteiger partial charge in [0.25, 0.3) is 0 Å². The lowest BCUT2D eigenvalue weighted by molar-refractivity contribution is -0.155. The van der Waals surface area contributed by atoms with Crippen LogP contribution in [0.5, 0.6) is 5.75 Å². The van der Waals surface area contributed by atoms with Gasteiger partial charge in [-0.3, -0.25) is 9.80 Å². The van der Waals surface area contributed by atoms with Gasteiger partial charge in [-0.05, 0) is 29.7 Å². The van der Waals surface area contributed by atoms with Crippen LogP contribution in [0.3, 0.4) is 0 Å². The number of unbranched alkanes of at least 4 members (excludes halogenated alkanes) is 1. The number of halogens is 2. The van der Waals surface area contributed by atoms with Crippen LogP contribution in [-0.2, 0) is 27.2 Å². The van der Waals surface area contributed by atoms with Gasteiger partial charge in [0.05, 0.1) is 13.0 Å². The molecule has 0 bridgehead atoms. The molecule has 156 valence electrons. The van der Waals surface area contributed by atoms with Crippen molar-refractivity contribution in [1.29, 1.82) is 0 Å². The second-order valence-corrected chi connectivity index (χ2v) is 7.41. The molecule has 2 rings (SSSR count). The minimum atomic E-state index is -0.989. The van der Waals surface area contributed by atoms with E-state index in [-0.39, 0.29) is 35.2 Å². The fourth-order valence-corrected chi connectivity index (χ4v) is 3.33. The summed E-state index contributed by atoms with van der Waals surface area (Å²) in [4.78, 5) is 25.4. The van der Waals surface area contributed by atoms with E-state index in [1.54, 1.807) is 0 Å². The molecule has 0 saturated heterocycles. The average molecular weight is 439 g/mol. The summed E-state index contributed by atoms with van der Waals surface area (Å²) in [6.45, 7) is 2.25. The molecule has 0 aliphatic carbocycles. The first-order valence-electron chi connectivity index (χ1n) is 9.27. The van der Waals surface area contributed by atoms with Crippen LogP contribution < -0.4 is 5.84 Å². The molecule has 0 spiro atoms. The number of ether oxygens (including phenoxy) is 1. The van der Waals surface area contributed by atoms with E-state index in [1.807, 2.05) is 37.3 Å². The fraction of sp³-hybridized carbons (Fsp3) is 0.333. The van der Waals surface area contributed by atoms with Gasteiger partial charge in [-0.2, -0.15) is 0 Å². The quantitative estimate of drug-likeness (QED) is 0.203. The SMILES string of the molecule is CCCCOC(=O)[C@H](Cc1ccccc1)N(N)C(=O)Cc1c(Cl)cc(O)cc1Cl. The van der Waals surface area contributed by atoms with Crippen molar-refractivity contribution < 1.29 is 19.4 Å². The van der Waals surface area contributed by atoms with Crippen LogP contribution in [0.4, 0.5) is 0 Å². The number of benzene rings is 2. The second kappa shape index (κ2) is 11.0. The molecule has 2 aromatic rings. The largest absolute Gasteiger partial charge is 0.508 e. The highest BCUT2D eigenvalue weighted by atomic mass is 35.5. The number of nitrogens with zero attached hydrogens (tertiary/aromatic N) is 1. The molecule has 8 heteroatoms. The number of hydrogen-bond acceptors (Lipinski definition) is 5. The first-order chi connectivity index (χ1) is 13.8. The Bertz CT molecular complexity index is 823. The van der Waals surface area contributed by atoms with Crippen molar-refractivity contribution in [3.63, 3.8) is 0 Å². The summed E-state index contributed by atoms with van der Waals surface area (Å²) in [5, 5.41) is 10.7. The van der Waals surface area contributed by atoms with E-state index in [0.29, 0.717) is 5.56 Å². The standard InChI is InChI=1S/C21H24Cl2N2O4/c1-2-3-9-29-21(28)19(10-14-7-5-4-6-8-14)25(24)20(27)13-16-17(22)11-15(26)12-18(16)23/h4-8,11-12,19,26H,2-3,9-10,13,24H2,1H3/t19-/m0/s1. The van der Waals surface area contributed by atoms with Crippen molar-refractivity contribution in [2.45, 2.75) is 38.6 Å². The van der Waals surface area contributed by atoms with Crippen LogP contribution in [0.15, 0.2) is 42.5 Å².